The molecule has 0 bridgehead atoms. The summed E-state index contributed by atoms with van der Waals surface area (Å²) in [5.41, 5.74) is -0.803. The molecular formula is C14H16F3N3O. The number of benzene rings is 1. The number of H-pyrrole nitrogens is 1. The van der Waals surface area contributed by atoms with Crippen LogP contribution in [0.25, 0.3) is 0 Å². The van der Waals surface area contributed by atoms with Crippen LogP contribution >= 0.6 is 0 Å². The standard InChI is InChI=1S/C12H10F3N3O.C2H6/c1-7-2-3-8(6-9(7)12(13,14)15)11(19)17-10-4-5-16-18-10;1-2/h2-6H,1H3,(H2,16,17,18,19);1-2H3. The van der Waals surface area contributed by atoms with E-state index in [9.17, 15) is 18.0 Å². The highest BCUT2D eigenvalue weighted by Gasteiger charge is 2.32. The maximum Gasteiger partial charge on any atom is 0.416 e. The van der Waals surface area contributed by atoms with Crippen molar-refractivity contribution in [2.24, 2.45) is 0 Å². The lowest BCUT2D eigenvalue weighted by Crippen LogP contribution is -2.15. The Morgan fingerprint density at radius 2 is 1.90 bits per heavy atom. The number of carbonyl (C=O) groups excluding carboxylic acids is 1. The molecule has 0 spiro atoms. The molecule has 0 saturated carbocycles. The number of anilines is 1. The molecule has 1 aromatic carbocycles. The fourth-order valence-corrected chi connectivity index (χ4v) is 1.59. The first-order chi connectivity index (χ1) is 9.88. The highest BCUT2D eigenvalue weighted by atomic mass is 19.4. The Labute approximate surface area is 120 Å². The molecule has 2 N–H and O–H groups in total. The van der Waals surface area contributed by atoms with Crippen LogP contribution in [-0.4, -0.2) is 16.1 Å². The van der Waals surface area contributed by atoms with E-state index < -0.39 is 17.6 Å². The summed E-state index contributed by atoms with van der Waals surface area (Å²) in [6, 6.07) is 4.94. The topological polar surface area (TPSA) is 57.8 Å². The van der Waals surface area contributed by atoms with Crippen molar-refractivity contribution in [1.29, 1.82) is 0 Å². The quantitative estimate of drug-likeness (QED) is 0.880. The van der Waals surface area contributed by atoms with Crippen LogP contribution < -0.4 is 5.32 Å². The maximum absolute atomic E-state index is 12.7. The Morgan fingerprint density at radius 1 is 1.24 bits per heavy atom. The molecule has 0 saturated heterocycles. The summed E-state index contributed by atoms with van der Waals surface area (Å²) >= 11 is 0. The summed E-state index contributed by atoms with van der Waals surface area (Å²) in [5.74, 6) is -0.311. The van der Waals surface area contributed by atoms with Crippen molar-refractivity contribution in [3.8, 4) is 0 Å². The van der Waals surface area contributed by atoms with Gasteiger partial charge in [0.25, 0.3) is 5.91 Å². The van der Waals surface area contributed by atoms with E-state index in [0.29, 0.717) is 5.82 Å². The number of aromatic nitrogens is 2. The smallest absolute Gasteiger partial charge is 0.307 e. The van der Waals surface area contributed by atoms with Crippen molar-refractivity contribution in [3.05, 3.63) is 47.2 Å². The largest absolute Gasteiger partial charge is 0.416 e. The van der Waals surface area contributed by atoms with Gasteiger partial charge in [-0.3, -0.25) is 9.89 Å². The first kappa shape index (κ1) is 16.7. The molecule has 7 heteroatoms. The van der Waals surface area contributed by atoms with E-state index in [1.165, 1.54) is 31.3 Å². The molecular weight excluding hydrogens is 283 g/mol. The van der Waals surface area contributed by atoms with Crippen LogP contribution in [0.3, 0.4) is 0 Å². The normalized spacial score (nSPS) is 10.6. The zero-order valence-electron chi connectivity index (χ0n) is 11.9. The van der Waals surface area contributed by atoms with Gasteiger partial charge in [-0.05, 0) is 24.6 Å². The molecule has 4 nitrogen and oxygen atoms in total. The van der Waals surface area contributed by atoms with Crippen molar-refractivity contribution in [2.75, 3.05) is 5.32 Å². The van der Waals surface area contributed by atoms with Crippen LogP contribution in [0.4, 0.5) is 19.0 Å². The molecule has 0 unspecified atom stereocenters. The molecule has 0 radical (unpaired) electrons. The van der Waals surface area contributed by atoms with Gasteiger partial charge in [-0.1, -0.05) is 19.9 Å². The number of alkyl halides is 3. The van der Waals surface area contributed by atoms with Gasteiger partial charge in [0.1, 0.15) is 5.82 Å². The molecule has 0 aliphatic heterocycles. The first-order valence-electron chi connectivity index (χ1n) is 6.36. The molecule has 1 amide bonds. The van der Waals surface area contributed by atoms with Gasteiger partial charge in [-0.2, -0.15) is 18.3 Å². The zero-order chi connectivity index (χ0) is 16.0. The highest BCUT2D eigenvalue weighted by Crippen LogP contribution is 2.32. The van der Waals surface area contributed by atoms with Crippen LogP contribution in [0.5, 0.6) is 0 Å². The minimum absolute atomic E-state index is 0.0625. The fraction of sp³-hybridized carbons (Fsp3) is 0.286. The Hall–Kier alpha value is -2.31. The third-order valence-corrected chi connectivity index (χ3v) is 2.55. The van der Waals surface area contributed by atoms with E-state index in [-0.39, 0.29) is 11.1 Å². The minimum Gasteiger partial charge on any atom is -0.307 e. The molecule has 0 atom stereocenters. The second kappa shape index (κ2) is 6.92. The van der Waals surface area contributed by atoms with Crippen molar-refractivity contribution in [3.63, 3.8) is 0 Å². The first-order valence-corrected chi connectivity index (χ1v) is 6.36. The Morgan fingerprint density at radius 3 is 2.43 bits per heavy atom. The van der Waals surface area contributed by atoms with Crippen LogP contribution in [0, 0.1) is 6.92 Å². The van der Waals surface area contributed by atoms with Crippen molar-refractivity contribution in [1.82, 2.24) is 10.2 Å². The van der Waals surface area contributed by atoms with E-state index in [0.717, 1.165) is 6.07 Å². The number of rotatable bonds is 2. The highest BCUT2D eigenvalue weighted by molar-refractivity contribution is 6.03. The monoisotopic (exact) mass is 299 g/mol. The van der Waals surface area contributed by atoms with Crippen LogP contribution in [-0.2, 0) is 6.18 Å². The van der Waals surface area contributed by atoms with E-state index >= 15 is 0 Å². The van der Waals surface area contributed by atoms with Gasteiger partial charge in [-0.25, -0.2) is 0 Å². The second-order valence-corrected chi connectivity index (χ2v) is 3.95. The molecule has 114 valence electrons. The van der Waals surface area contributed by atoms with Gasteiger partial charge in [0.15, 0.2) is 0 Å². The third kappa shape index (κ3) is 4.34. The van der Waals surface area contributed by atoms with E-state index in [1.54, 1.807) is 0 Å². The molecule has 0 fully saturated rings. The van der Waals surface area contributed by atoms with Gasteiger partial charge in [0.05, 0.1) is 11.8 Å². The van der Waals surface area contributed by atoms with Gasteiger partial charge >= 0.3 is 6.18 Å². The summed E-state index contributed by atoms with van der Waals surface area (Å²) < 4.78 is 38.2. The maximum atomic E-state index is 12.7. The van der Waals surface area contributed by atoms with Crippen LogP contribution in [0.15, 0.2) is 30.5 Å². The Balaban J connectivity index is 0.00000106. The average molecular weight is 299 g/mol. The summed E-state index contributed by atoms with van der Waals surface area (Å²) in [6.45, 7) is 5.35. The van der Waals surface area contributed by atoms with Crippen LogP contribution in [0.2, 0.25) is 0 Å². The fourth-order valence-electron chi connectivity index (χ4n) is 1.59. The summed E-state index contributed by atoms with van der Waals surface area (Å²) in [6.07, 6.45) is -3.06. The molecule has 1 aromatic heterocycles. The summed E-state index contributed by atoms with van der Waals surface area (Å²) in [4.78, 5) is 11.8. The molecule has 21 heavy (non-hydrogen) atoms. The number of aryl methyl sites for hydroxylation is 1. The van der Waals surface area contributed by atoms with Gasteiger partial charge < -0.3 is 5.32 Å². The number of hydrogen-bond acceptors (Lipinski definition) is 2. The number of carbonyl (C=O) groups is 1. The number of nitrogens with zero attached hydrogens (tertiary/aromatic N) is 1. The average Bonchev–Trinajstić information content (AvgIpc) is 2.93. The molecule has 0 aliphatic carbocycles. The lowest BCUT2D eigenvalue weighted by Gasteiger charge is -2.11. The number of aromatic amines is 1. The minimum atomic E-state index is -4.48. The summed E-state index contributed by atoms with van der Waals surface area (Å²) in [5, 5.41) is 8.52. The SMILES string of the molecule is CC.Cc1ccc(C(=O)Nc2ccn[nH]2)cc1C(F)(F)F. The number of halogens is 3. The predicted molar refractivity (Wildman–Crippen MR) is 74.1 cm³/mol. The van der Waals surface area contributed by atoms with E-state index in [1.807, 2.05) is 13.8 Å². The third-order valence-electron chi connectivity index (χ3n) is 2.55. The predicted octanol–water partition coefficient (Wildman–Crippen LogP) is 4.02. The summed E-state index contributed by atoms with van der Waals surface area (Å²) in [7, 11) is 0. The van der Waals surface area contributed by atoms with Crippen molar-refractivity contribution < 1.29 is 18.0 Å². The number of nitrogens with one attached hydrogen (secondary N) is 2. The van der Waals surface area contributed by atoms with Gasteiger partial charge in [-0.15, -0.1) is 0 Å². The zero-order valence-corrected chi connectivity index (χ0v) is 11.9. The Bertz CT molecular complexity index is 592. The molecule has 0 aliphatic rings. The molecule has 2 aromatic rings. The van der Waals surface area contributed by atoms with E-state index in [4.69, 9.17) is 0 Å². The van der Waals surface area contributed by atoms with Gasteiger partial charge in [0, 0.05) is 11.6 Å². The lowest BCUT2D eigenvalue weighted by atomic mass is 10.0. The number of hydrogen-bond donors (Lipinski definition) is 2. The molecule has 1 heterocycles. The van der Waals surface area contributed by atoms with E-state index in [2.05, 4.69) is 15.5 Å². The van der Waals surface area contributed by atoms with Crippen molar-refractivity contribution >= 4 is 11.7 Å². The number of amides is 1. The van der Waals surface area contributed by atoms with Crippen LogP contribution in [0.1, 0.15) is 35.3 Å². The molecule has 2 rings (SSSR count). The van der Waals surface area contributed by atoms with Crippen molar-refractivity contribution in [2.45, 2.75) is 26.9 Å². The lowest BCUT2D eigenvalue weighted by molar-refractivity contribution is -0.138. The van der Waals surface area contributed by atoms with Gasteiger partial charge in [0.2, 0.25) is 0 Å². The second-order valence-electron chi connectivity index (χ2n) is 3.95. The Kier molecular flexibility index (Phi) is 5.52.